The van der Waals surface area contributed by atoms with Crippen LogP contribution in [0.3, 0.4) is 0 Å². The predicted octanol–water partition coefficient (Wildman–Crippen LogP) is 2.05. The second-order valence-corrected chi connectivity index (χ2v) is 2.80. The van der Waals surface area contributed by atoms with Crippen molar-refractivity contribution in [3.8, 4) is 0 Å². The van der Waals surface area contributed by atoms with Gasteiger partial charge in [-0.2, -0.15) is 0 Å². The molecule has 0 amide bonds. The highest BCUT2D eigenvalue weighted by atomic mass is 32.1. The molecule has 1 aromatic rings. The van der Waals surface area contributed by atoms with Crippen LogP contribution in [0.2, 0.25) is 0 Å². The lowest BCUT2D eigenvalue weighted by atomic mass is 10.3. The lowest BCUT2D eigenvalue weighted by Crippen LogP contribution is -1.84. The van der Waals surface area contributed by atoms with Crippen molar-refractivity contribution < 1.29 is 10.1 Å². The Labute approximate surface area is 57.6 Å². The van der Waals surface area contributed by atoms with Crippen molar-refractivity contribution in [1.82, 2.24) is 0 Å². The summed E-state index contributed by atoms with van der Waals surface area (Å²) in [6, 6.07) is 2.00. The van der Waals surface area contributed by atoms with Crippen LogP contribution in [0.15, 0.2) is 11.4 Å². The van der Waals surface area contributed by atoms with Crippen molar-refractivity contribution in [3.63, 3.8) is 0 Å². The maximum atomic E-state index is 8.07. The molecule has 0 radical (unpaired) electrons. The minimum Gasteiger partial charge on any atom is -0.251 e. The Morgan fingerprint density at radius 2 is 2.56 bits per heavy atom. The van der Waals surface area contributed by atoms with Crippen LogP contribution in [0, 0.1) is 6.92 Å². The fourth-order valence-electron chi connectivity index (χ4n) is 0.611. The van der Waals surface area contributed by atoms with E-state index in [0.29, 0.717) is 6.61 Å². The maximum absolute atomic E-state index is 8.07. The summed E-state index contributed by atoms with van der Waals surface area (Å²) in [6.07, 6.45) is 0. The van der Waals surface area contributed by atoms with Crippen LogP contribution < -0.4 is 0 Å². The summed E-state index contributed by atoms with van der Waals surface area (Å²) in [5.74, 6) is 0. The van der Waals surface area contributed by atoms with Crippen molar-refractivity contribution in [2.24, 2.45) is 0 Å². The van der Waals surface area contributed by atoms with E-state index in [4.69, 9.17) is 5.26 Å². The van der Waals surface area contributed by atoms with E-state index >= 15 is 0 Å². The van der Waals surface area contributed by atoms with Crippen molar-refractivity contribution in [3.05, 3.63) is 21.9 Å². The Balaban J connectivity index is 2.69. The summed E-state index contributed by atoms with van der Waals surface area (Å²) in [5, 5.41) is 10.0. The summed E-state index contributed by atoms with van der Waals surface area (Å²) in [5.41, 5.74) is 1.18. The lowest BCUT2D eigenvalue weighted by molar-refractivity contribution is -0.252. The van der Waals surface area contributed by atoms with Gasteiger partial charge in [-0.3, -0.25) is 5.26 Å². The maximum Gasteiger partial charge on any atom is 0.116 e. The normalized spacial score (nSPS) is 10.0. The highest BCUT2D eigenvalue weighted by Crippen LogP contribution is 2.15. The third-order valence-corrected chi connectivity index (χ3v) is 2.16. The molecule has 0 saturated carbocycles. The molecule has 1 heterocycles. The molecule has 50 valence electrons. The molecular weight excluding hydrogens is 136 g/mol. The summed E-state index contributed by atoms with van der Waals surface area (Å²) in [4.78, 5) is 5.06. The predicted molar refractivity (Wildman–Crippen MR) is 36.5 cm³/mol. The molecule has 0 aliphatic heterocycles. The molecule has 1 aromatic heterocycles. The zero-order chi connectivity index (χ0) is 6.69. The quantitative estimate of drug-likeness (QED) is 0.508. The molecule has 3 heteroatoms. The molecule has 0 aliphatic carbocycles. The van der Waals surface area contributed by atoms with Crippen LogP contribution in [0.25, 0.3) is 0 Å². The van der Waals surface area contributed by atoms with E-state index in [2.05, 4.69) is 4.89 Å². The first-order valence-electron chi connectivity index (χ1n) is 2.64. The first-order chi connectivity index (χ1) is 4.34. The van der Waals surface area contributed by atoms with Crippen molar-refractivity contribution in [1.29, 1.82) is 0 Å². The second-order valence-electron chi connectivity index (χ2n) is 1.80. The van der Waals surface area contributed by atoms with Crippen molar-refractivity contribution in [2.45, 2.75) is 13.5 Å². The van der Waals surface area contributed by atoms with Gasteiger partial charge in [0.15, 0.2) is 0 Å². The molecule has 1 rings (SSSR count). The van der Waals surface area contributed by atoms with E-state index in [1.54, 1.807) is 11.3 Å². The minimum absolute atomic E-state index is 0.309. The molecule has 0 spiro atoms. The van der Waals surface area contributed by atoms with Gasteiger partial charge in [-0.15, -0.1) is 11.3 Å². The minimum atomic E-state index is 0.309. The van der Waals surface area contributed by atoms with E-state index in [1.807, 2.05) is 18.4 Å². The third kappa shape index (κ3) is 1.51. The number of hydrogen-bond acceptors (Lipinski definition) is 3. The molecule has 0 aliphatic rings. The van der Waals surface area contributed by atoms with Crippen molar-refractivity contribution in [2.75, 3.05) is 0 Å². The van der Waals surface area contributed by atoms with Gasteiger partial charge in [-0.25, -0.2) is 4.89 Å². The van der Waals surface area contributed by atoms with E-state index in [-0.39, 0.29) is 0 Å². The average Bonchev–Trinajstić information content (AvgIpc) is 2.18. The lowest BCUT2D eigenvalue weighted by Gasteiger charge is -1.92. The molecule has 9 heavy (non-hydrogen) atoms. The van der Waals surface area contributed by atoms with Crippen molar-refractivity contribution >= 4 is 11.3 Å². The molecule has 1 N–H and O–H groups in total. The van der Waals surface area contributed by atoms with Gasteiger partial charge in [-0.1, -0.05) is 0 Å². The number of aryl methyl sites for hydroxylation is 1. The van der Waals surface area contributed by atoms with Crippen LogP contribution >= 0.6 is 11.3 Å². The Bertz CT molecular complexity index is 183. The summed E-state index contributed by atoms with van der Waals surface area (Å²) in [6.45, 7) is 2.30. The Kier molecular flexibility index (Phi) is 2.22. The zero-order valence-electron chi connectivity index (χ0n) is 5.13. The monoisotopic (exact) mass is 144 g/mol. The largest absolute Gasteiger partial charge is 0.251 e. The highest BCUT2D eigenvalue weighted by Gasteiger charge is 1.96. The average molecular weight is 144 g/mol. The summed E-state index contributed by atoms with van der Waals surface area (Å²) < 4.78 is 0. The number of thiophene rings is 1. The SMILES string of the molecule is Cc1ccsc1COO. The molecule has 0 unspecified atom stereocenters. The number of hydrogen-bond donors (Lipinski definition) is 1. The van der Waals surface area contributed by atoms with Crippen LogP contribution in [-0.2, 0) is 11.5 Å². The Morgan fingerprint density at radius 1 is 1.78 bits per heavy atom. The van der Waals surface area contributed by atoms with Gasteiger partial charge >= 0.3 is 0 Å². The smallest absolute Gasteiger partial charge is 0.116 e. The van der Waals surface area contributed by atoms with E-state index in [9.17, 15) is 0 Å². The molecule has 0 fully saturated rings. The standard InChI is InChI=1S/C6H8O2S/c1-5-2-3-9-6(5)4-8-7/h2-3,7H,4H2,1H3. The van der Waals surface area contributed by atoms with E-state index in [1.165, 1.54) is 5.56 Å². The van der Waals surface area contributed by atoms with Crippen LogP contribution in [0.1, 0.15) is 10.4 Å². The van der Waals surface area contributed by atoms with E-state index in [0.717, 1.165) is 4.88 Å². The summed E-state index contributed by atoms with van der Waals surface area (Å²) >= 11 is 1.59. The molecule has 0 saturated heterocycles. The fraction of sp³-hybridized carbons (Fsp3) is 0.333. The molecule has 0 atom stereocenters. The van der Waals surface area contributed by atoms with Gasteiger partial charge in [0.25, 0.3) is 0 Å². The Morgan fingerprint density at radius 3 is 3.00 bits per heavy atom. The van der Waals surface area contributed by atoms with Gasteiger partial charge in [-0.05, 0) is 23.9 Å². The van der Waals surface area contributed by atoms with Gasteiger partial charge in [0, 0.05) is 4.88 Å². The van der Waals surface area contributed by atoms with Gasteiger partial charge in [0.05, 0.1) is 0 Å². The molecule has 0 bridgehead atoms. The first kappa shape index (κ1) is 6.74. The fourth-order valence-corrected chi connectivity index (χ4v) is 1.42. The highest BCUT2D eigenvalue weighted by molar-refractivity contribution is 7.10. The van der Waals surface area contributed by atoms with Crippen LogP contribution in [0.5, 0.6) is 0 Å². The molecule has 0 aromatic carbocycles. The molecular formula is C6H8O2S. The summed E-state index contributed by atoms with van der Waals surface area (Å²) in [7, 11) is 0. The topological polar surface area (TPSA) is 29.5 Å². The van der Waals surface area contributed by atoms with Gasteiger partial charge in [0.2, 0.25) is 0 Å². The zero-order valence-corrected chi connectivity index (χ0v) is 5.94. The van der Waals surface area contributed by atoms with E-state index < -0.39 is 0 Å². The second kappa shape index (κ2) is 2.96. The third-order valence-electron chi connectivity index (χ3n) is 1.16. The Hall–Kier alpha value is -0.380. The van der Waals surface area contributed by atoms with Gasteiger partial charge < -0.3 is 0 Å². The first-order valence-corrected chi connectivity index (χ1v) is 3.52. The van der Waals surface area contributed by atoms with Gasteiger partial charge in [0.1, 0.15) is 6.61 Å². The molecule has 2 nitrogen and oxygen atoms in total. The number of rotatable bonds is 2. The van der Waals surface area contributed by atoms with Crippen LogP contribution in [0.4, 0.5) is 0 Å². The van der Waals surface area contributed by atoms with Crippen LogP contribution in [-0.4, -0.2) is 5.26 Å².